The van der Waals surface area contributed by atoms with Crippen molar-refractivity contribution < 1.29 is 9.90 Å². The quantitative estimate of drug-likeness (QED) is 0.855. The number of aliphatic hydroxyl groups excluding tert-OH is 1. The van der Waals surface area contributed by atoms with Crippen LogP contribution in [0.2, 0.25) is 0 Å². The summed E-state index contributed by atoms with van der Waals surface area (Å²) < 4.78 is 0. The smallest absolute Gasteiger partial charge is 0.144 e. The van der Waals surface area contributed by atoms with E-state index >= 15 is 0 Å². The van der Waals surface area contributed by atoms with Gasteiger partial charge in [-0.25, -0.2) is 0 Å². The summed E-state index contributed by atoms with van der Waals surface area (Å²) in [5, 5.41) is 9.08. The lowest BCUT2D eigenvalue weighted by atomic mass is 9.70. The van der Waals surface area contributed by atoms with E-state index in [4.69, 9.17) is 5.11 Å². The van der Waals surface area contributed by atoms with E-state index in [0.717, 1.165) is 18.4 Å². The minimum Gasteiger partial charge on any atom is -0.396 e. The number of ketones is 1. The molecule has 0 spiro atoms. The zero-order valence-electron chi connectivity index (χ0n) is 13.9. The second-order valence-corrected chi connectivity index (χ2v) is 6.44. The Morgan fingerprint density at radius 2 is 2.05 bits per heavy atom. The first kappa shape index (κ1) is 16.7. The third kappa shape index (κ3) is 2.80. The number of hydrogen-bond acceptors (Lipinski definition) is 2. The Balaban J connectivity index is 2.51. The number of carbonyl (C=O) groups is 1. The predicted molar refractivity (Wildman–Crippen MR) is 91.1 cm³/mol. The Bertz CT molecular complexity index is 625. The number of benzene rings is 1. The molecule has 0 aliphatic heterocycles. The first-order valence-electron chi connectivity index (χ1n) is 7.98. The molecule has 0 fully saturated rings. The zero-order valence-corrected chi connectivity index (χ0v) is 13.9. The summed E-state index contributed by atoms with van der Waals surface area (Å²) in [7, 11) is 0. The normalized spacial score (nSPS) is 21.3. The molecule has 118 valence electrons. The van der Waals surface area contributed by atoms with E-state index in [-0.39, 0.29) is 12.4 Å². The molecule has 0 aromatic heterocycles. The number of rotatable bonds is 6. The van der Waals surface area contributed by atoms with E-state index in [0.29, 0.717) is 12.8 Å². The van der Waals surface area contributed by atoms with Crippen molar-refractivity contribution in [3.8, 4) is 0 Å². The predicted octanol–water partition coefficient (Wildman–Crippen LogP) is 4.18. The monoisotopic (exact) mass is 298 g/mol. The van der Waals surface area contributed by atoms with Crippen LogP contribution in [-0.4, -0.2) is 17.5 Å². The fourth-order valence-electron chi connectivity index (χ4n) is 3.64. The highest BCUT2D eigenvalue weighted by atomic mass is 16.3. The van der Waals surface area contributed by atoms with Gasteiger partial charge in [0.15, 0.2) is 0 Å². The fourth-order valence-corrected chi connectivity index (χ4v) is 3.64. The Morgan fingerprint density at radius 3 is 2.64 bits per heavy atom. The molecule has 0 amide bonds. The molecule has 1 atom stereocenters. The lowest BCUT2D eigenvalue weighted by molar-refractivity contribution is -0.124. The summed E-state index contributed by atoms with van der Waals surface area (Å²) in [5.74, 6) is 0.242. The van der Waals surface area contributed by atoms with Gasteiger partial charge < -0.3 is 5.11 Å². The van der Waals surface area contributed by atoms with Crippen LogP contribution in [0.15, 0.2) is 42.0 Å². The van der Waals surface area contributed by atoms with Crippen molar-refractivity contribution in [3.63, 3.8) is 0 Å². The number of aliphatic hydroxyl groups is 1. The number of Topliss-reactive ketones (excluding diaryl/α,β-unsaturated/α-hetero) is 1. The number of carbonyl (C=O) groups excluding carboxylic acids is 1. The standard InChI is InChI=1S/C20H26O2/c1-5-17-13-20(12-15(17)3,19(22)10-7-11-21)18-9-6-8-14(2)16(18)4/h5-6,8-9,21H,1,7,10-13H2,2-4H3/t20-/m0/s1. The van der Waals surface area contributed by atoms with E-state index in [2.05, 4.69) is 39.5 Å². The van der Waals surface area contributed by atoms with Crippen molar-refractivity contribution in [2.75, 3.05) is 6.61 Å². The van der Waals surface area contributed by atoms with Crippen molar-refractivity contribution in [2.24, 2.45) is 0 Å². The number of allylic oxidation sites excluding steroid dienone is 3. The molecule has 0 bridgehead atoms. The van der Waals surface area contributed by atoms with Crippen LogP contribution in [-0.2, 0) is 10.2 Å². The lowest BCUT2D eigenvalue weighted by Crippen LogP contribution is -2.35. The van der Waals surface area contributed by atoms with Crippen LogP contribution in [0.4, 0.5) is 0 Å². The highest BCUT2D eigenvalue weighted by Gasteiger charge is 2.44. The van der Waals surface area contributed by atoms with Crippen molar-refractivity contribution in [1.29, 1.82) is 0 Å². The van der Waals surface area contributed by atoms with Gasteiger partial charge in [0.1, 0.15) is 5.78 Å². The van der Waals surface area contributed by atoms with Gasteiger partial charge >= 0.3 is 0 Å². The first-order chi connectivity index (χ1) is 10.5. The lowest BCUT2D eigenvalue weighted by Gasteiger charge is -2.31. The second kappa shape index (κ2) is 6.62. The molecular weight excluding hydrogens is 272 g/mol. The molecule has 1 N–H and O–H groups in total. The van der Waals surface area contributed by atoms with Gasteiger partial charge in [-0.2, -0.15) is 0 Å². The highest BCUT2D eigenvalue weighted by Crippen LogP contribution is 2.47. The molecule has 2 rings (SSSR count). The van der Waals surface area contributed by atoms with Crippen LogP contribution in [0.3, 0.4) is 0 Å². The molecule has 1 aromatic carbocycles. The van der Waals surface area contributed by atoms with Crippen molar-refractivity contribution in [2.45, 2.75) is 51.9 Å². The molecule has 22 heavy (non-hydrogen) atoms. The van der Waals surface area contributed by atoms with Crippen LogP contribution in [0.1, 0.15) is 49.3 Å². The first-order valence-corrected chi connectivity index (χ1v) is 7.98. The third-order valence-corrected chi connectivity index (χ3v) is 5.07. The van der Waals surface area contributed by atoms with Gasteiger partial charge in [-0.15, -0.1) is 0 Å². The Hall–Kier alpha value is -1.67. The molecule has 0 saturated heterocycles. The summed E-state index contributed by atoms with van der Waals surface area (Å²) in [5.41, 5.74) is 5.55. The van der Waals surface area contributed by atoms with Crippen LogP contribution >= 0.6 is 0 Å². The maximum Gasteiger partial charge on any atom is 0.144 e. The van der Waals surface area contributed by atoms with Crippen molar-refractivity contribution in [3.05, 3.63) is 58.7 Å². The molecular formula is C20H26O2. The topological polar surface area (TPSA) is 37.3 Å². The van der Waals surface area contributed by atoms with Crippen LogP contribution in [0, 0.1) is 13.8 Å². The summed E-state index contributed by atoms with van der Waals surface area (Å²) in [6, 6.07) is 6.23. The van der Waals surface area contributed by atoms with Crippen LogP contribution in [0.25, 0.3) is 0 Å². The van der Waals surface area contributed by atoms with E-state index in [1.54, 1.807) is 0 Å². The third-order valence-electron chi connectivity index (χ3n) is 5.07. The van der Waals surface area contributed by atoms with Gasteiger partial charge in [0.05, 0.1) is 5.41 Å². The van der Waals surface area contributed by atoms with E-state index in [1.807, 2.05) is 12.1 Å². The van der Waals surface area contributed by atoms with E-state index in [1.165, 1.54) is 22.3 Å². The van der Waals surface area contributed by atoms with Gasteiger partial charge in [0.25, 0.3) is 0 Å². The molecule has 0 unspecified atom stereocenters. The largest absolute Gasteiger partial charge is 0.396 e. The fraction of sp³-hybridized carbons (Fsp3) is 0.450. The SMILES string of the molecule is C=CC1=C(C)C[C@@](C(=O)CCCO)(c2cccc(C)c2C)C1. The van der Waals surface area contributed by atoms with Gasteiger partial charge in [-0.1, -0.05) is 36.4 Å². The minimum absolute atomic E-state index is 0.0648. The van der Waals surface area contributed by atoms with Gasteiger partial charge in [-0.05, 0) is 62.3 Å². The maximum atomic E-state index is 13.0. The summed E-state index contributed by atoms with van der Waals surface area (Å²) in [6.07, 6.45) is 4.36. The van der Waals surface area contributed by atoms with Crippen LogP contribution < -0.4 is 0 Å². The maximum absolute atomic E-state index is 13.0. The Morgan fingerprint density at radius 1 is 1.32 bits per heavy atom. The molecule has 1 aliphatic carbocycles. The van der Waals surface area contributed by atoms with Crippen molar-refractivity contribution >= 4 is 5.78 Å². The second-order valence-electron chi connectivity index (χ2n) is 6.44. The molecule has 0 heterocycles. The highest BCUT2D eigenvalue weighted by molar-refractivity contribution is 5.92. The molecule has 1 aromatic rings. The molecule has 0 radical (unpaired) electrons. The van der Waals surface area contributed by atoms with Gasteiger partial charge in [-0.3, -0.25) is 4.79 Å². The average Bonchev–Trinajstić information content (AvgIpc) is 2.85. The molecule has 2 heteroatoms. The number of aryl methyl sites for hydroxylation is 1. The Kier molecular flexibility index (Phi) is 5.02. The molecule has 1 aliphatic rings. The molecule has 0 saturated carbocycles. The summed E-state index contributed by atoms with van der Waals surface area (Å²) in [6.45, 7) is 10.3. The van der Waals surface area contributed by atoms with Crippen LogP contribution in [0.5, 0.6) is 0 Å². The van der Waals surface area contributed by atoms with E-state index < -0.39 is 5.41 Å². The van der Waals surface area contributed by atoms with E-state index in [9.17, 15) is 4.79 Å². The zero-order chi connectivity index (χ0) is 16.3. The average molecular weight is 298 g/mol. The van der Waals surface area contributed by atoms with Gasteiger partial charge in [0.2, 0.25) is 0 Å². The minimum atomic E-state index is -0.473. The summed E-state index contributed by atoms with van der Waals surface area (Å²) in [4.78, 5) is 13.0. The summed E-state index contributed by atoms with van der Waals surface area (Å²) >= 11 is 0. The number of hydrogen-bond donors (Lipinski definition) is 1. The molecule has 2 nitrogen and oxygen atoms in total. The van der Waals surface area contributed by atoms with Gasteiger partial charge in [0, 0.05) is 13.0 Å². The Labute approximate surface area is 133 Å². The van der Waals surface area contributed by atoms with Crippen molar-refractivity contribution in [1.82, 2.24) is 0 Å².